The van der Waals surface area contributed by atoms with E-state index in [-0.39, 0.29) is 0 Å². The van der Waals surface area contributed by atoms with Gasteiger partial charge < -0.3 is 0 Å². The summed E-state index contributed by atoms with van der Waals surface area (Å²) in [6, 6.07) is 9.30. The molecule has 1 N–H and O–H groups in total. The molecule has 1 heterocycles. The molecule has 0 radical (unpaired) electrons. The molecule has 0 unspecified atom stereocenters. The summed E-state index contributed by atoms with van der Waals surface area (Å²) in [6.45, 7) is 7.75. The van der Waals surface area contributed by atoms with Gasteiger partial charge in [-0.25, -0.2) is 13.4 Å². The summed E-state index contributed by atoms with van der Waals surface area (Å²) in [5.74, 6) is 0. The van der Waals surface area contributed by atoms with Gasteiger partial charge in [-0.2, -0.15) is 0 Å². The molecule has 4 nitrogen and oxygen atoms in total. The first-order chi connectivity index (χ1) is 11.8. The predicted octanol–water partition coefficient (Wildman–Crippen LogP) is 4.97. The molecule has 0 aliphatic heterocycles. The SMILES string of the molecule is CCCc1nc2ccc(NS(=O)(=O)c3c(C)cc(C)cc3C)cc2s1. The zero-order valence-corrected chi connectivity index (χ0v) is 16.5. The molecule has 0 saturated carbocycles. The first-order valence-electron chi connectivity index (χ1n) is 8.30. The van der Waals surface area contributed by atoms with Gasteiger partial charge in [-0.1, -0.05) is 24.6 Å². The van der Waals surface area contributed by atoms with Gasteiger partial charge in [-0.05, 0) is 62.9 Å². The normalized spacial score (nSPS) is 11.8. The van der Waals surface area contributed by atoms with Crippen molar-refractivity contribution in [2.75, 3.05) is 4.72 Å². The van der Waals surface area contributed by atoms with Gasteiger partial charge >= 0.3 is 0 Å². The number of rotatable bonds is 5. The first-order valence-corrected chi connectivity index (χ1v) is 10.6. The lowest BCUT2D eigenvalue weighted by Gasteiger charge is -2.14. The van der Waals surface area contributed by atoms with Crippen LogP contribution in [-0.4, -0.2) is 13.4 Å². The average Bonchev–Trinajstić information content (AvgIpc) is 2.87. The van der Waals surface area contributed by atoms with Crippen molar-refractivity contribution in [3.05, 3.63) is 52.0 Å². The highest BCUT2D eigenvalue weighted by molar-refractivity contribution is 7.92. The standard InChI is InChI=1S/C19H22N2O2S2/c1-5-6-18-20-16-8-7-15(11-17(16)24-18)21-25(22,23)19-13(3)9-12(2)10-14(19)4/h7-11,21H,5-6H2,1-4H3. The maximum atomic E-state index is 12.9. The summed E-state index contributed by atoms with van der Waals surface area (Å²) in [7, 11) is -3.63. The number of thiazole rings is 1. The quantitative estimate of drug-likeness (QED) is 0.685. The fourth-order valence-electron chi connectivity index (χ4n) is 3.15. The van der Waals surface area contributed by atoms with Gasteiger partial charge in [0.15, 0.2) is 0 Å². The molecule has 0 saturated heterocycles. The predicted molar refractivity (Wildman–Crippen MR) is 105 cm³/mol. The summed E-state index contributed by atoms with van der Waals surface area (Å²) in [6.07, 6.45) is 1.99. The first kappa shape index (κ1) is 17.9. The molecule has 0 spiro atoms. The fraction of sp³-hybridized carbons (Fsp3) is 0.316. The largest absolute Gasteiger partial charge is 0.280 e. The lowest BCUT2D eigenvalue weighted by Crippen LogP contribution is -2.15. The van der Waals surface area contributed by atoms with Crippen LogP contribution in [0.25, 0.3) is 10.2 Å². The number of hydrogen-bond acceptors (Lipinski definition) is 4. The second-order valence-electron chi connectivity index (χ2n) is 6.37. The number of anilines is 1. The Balaban J connectivity index is 1.97. The van der Waals surface area contributed by atoms with E-state index >= 15 is 0 Å². The van der Waals surface area contributed by atoms with Crippen LogP contribution < -0.4 is 4.72 Å². The number of fused-ring (bicyclic) bond motifs is 1. The van der Waals surface area contributed by atoms with Gasteiger partial charge in [0.2, 0.25) is 0 Å². The highest BCUT2D eigenvalue weighted by Gasteiger charge is 2.20. The Morgan fingerprint density at radius 1 is 1.08 bits per heavy atom. The van der Waals surface area contributed by atoms with Crippen molar-refractivity contribution in [1.82, 2.24) is 4.98 Å². The molecule has 0 fully saturated rings. The van der Waals surface area contributed by atoms with Crippen molar-refractivity contribution in [2.24, 2.45) is 0 Å². The highest BCUT2D eigenvalue weighted by atomic mass is 32.2. The van der Waals surface area contributed by atoms with Crippen molar-refractivity contribution in [1.29, 1.82) is 0 Å². The Bertz CT molecular complexity index is 1010. The van der Waals surface area contributed by atoms with E-state index < -0.39 is 10.0 Å². The number of sulfonamides is 1. The molecule has 1 aromatic heterocycles. The van der Waals surface area contributed by atoms with Crippen LogP contribution in [-0.2, 0) is 16.4 Å². The van der Waals surface area contributed by atoms with E-state index in [4.69, 9.17) is 0 Å². The minimum absolute atomic E-state index is 0.356. The summed E-state index contributed by atoms with van der Waals surface area (Å²) in [5, 5.41) is 1.09. The van der Waals surface area contributed by atoms with Gasteiger partial charge in [0.1, 0.15) is 0 Å². The van der Waals surface area contributed by atoms with Crippen LogP contribution in [0.2, 0.25) is 0 Å². The average molecular weight is 375 g/mol. The minimum atomic E-state index is -3.63. The zero-order valence-electron chi connectivity index (χ0n) is 14.9. The molecule has 6 heteroatoms. The van der Waals surface area contributed by atoms with Crippen LogP contribution in [0.3, 0.4) is 0 Å². The van der Waals surface area contributed by atoms with E-state index in [0.717, 1.165) is 44.8 Å². The number of aryl methyl sites for hydroxylation is 4. The van der Waals surface area contributed by atoms with Gasteiger partial charge in [0.05, 0.1) is 25.8 Å². The van der Waals surface area contributed by atoms with Crippen molar-refractivity contribution in [3.8, 4) is 0 Å². The van der Waals surface area contributed by atoms with Gasteiger partial charge in [-0.3, -0.25) is 4.72 Å². The molecule has 2 aromatic carbocycles. The van der Waals surface area contributed by atoms with Crippen LogP contribution >= 0.6 is 11.3 Å². The van der Waals surface area contributed by atoms with Crippen molar-refractivity contribution in [2.45, 2.75) is 45.4 Å². The second-order valence-corrected chi connectivity index (χ2v) is 9.11. The maximum absolute atomic E-state index is 12.9. The monoisotopic (exact) mass is 374 g/mol. The van der Waals surface area contributed by atoms with Gasteiger partial charge in [0, 0.05) is 0 Å². The van der Waals surface area contributed by atoms with E-state index in [1.54, 1.807) is 17.4 Å². The molecule has 3 aromatic rings. The van der Waals surface area contributed by atoms with Crippen molar-refractivity contribution in [3.63, 3.8) is 0 Å². The van der Waals surface area contributed by atoms with Crippen molar-refractivity contribution >= 4 is 37.3 Å². The smallest absolute Gasteiger partial charge is 0.262 e. The van der Waals surface area contributed by atoms with E-state index in [2.05, 4.69) is 16.6 Å². The molecule has 0 aliphatic carbocycles. The summed E-state index contributed by atoms with van der Waals surface area (Å²) < 4.78 is 29.5. The molecule has 0 bridgehead atoms. The van der Waals surface area contributed by atoms with Crippen LogP contribution in [0.1, 0.15) is 35.0 Å². The third-order valence-electron chi connectivity index (χ3n) is 4.02. The van der Waals surface area contributed by atoms with Gasteiger partial charge in [0.25, 0.3) is 10.0 Å². The number of nitrogens with one attached hydrogen (secondary N) is 1. The zero-order chi connectivity index (χ0) is 18.2. The maximum Gasteiger partial charge on any atom is 0.262 e. The Morgan fingerprint density at radius 2 is 1.76 bits per heavy atom. The molecule has 0 aliphatic rings. The van der Waals surface area contributed by atoms with Crippen LogP contribution in [0.4, 0.5) is 5.69 Å². The second kappa shape index (κ2) is 6.77. The number of benzene rings is 2. The lowest BCUT2D eigenvalue weighted by molar-refractivity contribution is 0.600. The summed E-state index contributed by atoms with van der Waals surface area (Å²) in [4.78, 5) is 4.93. The number of nitrogens with zero attached hydrogens (tertiary/aromatic N) is 1. The van der Waals surface area contributed by atoms with Crippen LogP contribution in [0, 0.1) is 20.8 Å². The van der Waals surface area contributed by atoms with Gasteiger partial charge in [-0.15, -0.1) is 11.3 Å². The lowest BCUT2D eigenvalue weighted by atomic mass is 10.1. The van der Waals surface area contributed by atoms with E-state index in [1.807, 2.05) is 45.0 Å². The number of aromatic nitrogens is 1. The third-order valence-corrected chi connectivity index (χ3v) is 6.79. The van der Waals surface area contributed by atoms with E-state index in [9.17, 15) is 8.42 Å². The highest BCUT2D eigenvalue weighted by Crippen LogP contribution is 2.29. The Morgan fingerprint density at radius 3 is 2.40 bits per heavy atom. The van der Waals surface area contributed by atoms with E-state index in [0.29, 0.717) is 10.6 Å². The Hall–Kier alpha value is -1.92. The third kappa shape index (κ3) is 3.70. The number of hydrogen-bond donors (Lipinski definition) is 1. The summed E-state index contributed by atoms with van der Waals surface area (Å²) >= 11 is 1.62. The van der Waals surface area contributed by atoms with Crippen LogP contribution in [0.15, 0.2) is 35.2 Å². The molecule has 132 valence electrons. The van der Waals surface area contributed by atoms with Crippen LogP contribution in [0.5, 0.6) is 0 Å². The fourth-order valence-corrected chi connectivity index (χ4v) is 5.77. The molecule has 3 rings (SSSR count). The molecule has 25 heavy (non-hydrogen) atoms. The molecular formula is C19H22N2O2S2. The Labute approximate surface area is 153 Å². The molecule has 0 atom stereocenters. The minimum Gasteiger partial charge on any atom is -0.280 e. The Kier molecular flexibility index (Phi) is 4.84. The van der Waals surface area contributed by atoms with E-state index in [1.165, 1.54) is 0 Å². The molecule has 0 amide bonds. The molecular weight excluding hydrogens is 352 g/mol. The summed E-state index contributed by atoms with van der Waals surface area (Å²) in [5.41, 5.74) is 4.06. The topological polar surface area (TPSA) is 59.1 Å². The van der Waals surface area contributed by atoms with Crippen molar-refractivity contribution < 1.29 is 8.42 Å².